The highest BCUT2D eigenvalue weighted by Crippen LogP contribution is 2.33. The molecular weight excluding hydrogens is 455 g/mol. The van der Waals surface area contributed by atoms with E-state index in [-0.39, 0.29) is 17.5 Å². The van der Waals surface area contributed by atoms with Gasteiger partial charge in [0.05, 0.1) is 17.0 Å². The number of aliphatic hydroxyl groups is 1. The van der Waals surface area contributed by atoms with Crippen LogP contribution in [0.15, 0.2) is 58.6 Å². The molecule has 0 spiro atoms. The van der Waals surface area contributed by atoms with Crippen LogP contribution in [0.3, 0.4) is 0 Å². The molecule has 158 valence electrons. The minimum atomic E-state index is -1.33. The van der Waals surface area contributed by atoms with Gasteiger partial charge in [0.15, 0.2) is 5.60 Å². The van der Waals surface area contributed by atoms with E-state index >= 15 is 0 Å². The molecule has 1 saturated heterocycles. The quantitative estimate of drug-likeness (QED) is 0.473. The highest BCUT2D eigenvalue weighted by atomic mass is 79.9. The van der Waals surface area contributed by atoms with E-state index in [1.807, 2.05) is 37.3 Å². The van der Waals surface area contributed by atoms with Crippen LogP contribution in [0.5, 0.6) is 0 Å². The lowest BCUT2D eigenvalue weighted by Crippen LogP contribution is -2.39. The standard InChI is InChI=1S/C23H22BrFO5/c1-2-18(16-6-4-3-5-7-16)22(28)29-14-23(13-26)12-17(21(27)30-23)10-15-8-9-20(25)19(24)11-15/h3-11,18,26H,2,12-14H2,1H3/b17-10+. The van der Waals surface area contributed by atoms with Gasteiger partial charge in [-0.1, -0.05) is 43.3 Å². The van der Waals surface area contributed by atoms with Crippen LogP contribution in [0.2, 0.25) is 0 Å². The second-order valence-corrected chi connectivity index (χ2v) is 8.08. The molecule has 2 atom stereocenters. The van der Waals surface area contributed by atoms with Crippen LogP contribution >= 0.6 is 15.9 Å². The highest BCUT2D eigenvalue weighted by Gasteiger charge is 2.45. The number of aliphatic hydroxyl groups excluding tert-OH is 1. The van der Waals surface area contributed by atoms with Crippen molar-refractivity contribution in [3.63, 3.8) is 0 Å². The molecule has 0 radical (unpaired) electrons. The number of benzene rings is 2. The van der Waals surface area contributed by atoms with Crippen molar-refractivity contribution >= 4 is 33.9 Å². The van der Waals surface area contributed by atoms with Gasteiger partial charge in [-0.15, -0.1) is 0 Å². The molecule has 1 aliphatic rings. The summed E-state index contributed by atoms with van der Waals surface area (Å²) in [5.74, 6) is -1.89. The molecule has 0 bridgehead atoms. The molecule has 1 N–H and O–H groups in total. The Morgan fingerprint density at radius 1 is 1.33 bits per heavy atom. The summed E-state index contributed by atoms with van der Waals surface area (Å²) in [5, 5.41) is 9.87. The topological polar surface area (TPSA) is 72.8 Å². The summed E-state index contributed by atoms with van der Waals surface area (Å²) in [4.78, 5) is 24.9. The van der Waals surface area contributed by atoms with E-state index in [9.17, 15) is 19.1 Å². The van der Waals surface area contributed by atoms with Crippen molar-refractivity contribution in [3.8, 4) is 0 Å². The zero-order valence-electron chi connectivity index (χ0n) is 16.4. The van der Waals surface area contributed by atoms with Crippen LogP contribution in [-0.2, 0) is 19.1 Å². The molecule has 2 aromatic rings. The fourth-order valence-electron chi connectivity index (χ4n) is 3.37. The Morgan fingerprint density at radius 2 is 2.07 bits per heavy atom. The normalized spacial score (nSPS) is 20.8. The van der Waals surface area contributed by atoms with E-state index < -0.39 is 35.9 Å². The molecular formula is C23H22BrFO5. The Bertz CT molecular complexity index is 959. The number of hydrogen-bond acceptors (Lipinski definition) is 5. The predicted octanol–water partition coefficient (Wildman–Crippen LogP) is 4.39. The van der Waals surface area contributed by atoms with E-state index in [0.29, 0.717) is 17.6 Å². The third-order valence-corrected chi connectivity index (χ3v) is 5.64. The first-order chi connectivity index (χ1) is 14.4. The van der Waals surface area contributed by atoms with E-state index in [2.05, 4.69) is 15.9 Å². The SMILES string of the molecule is CCC(C(=O)OCC1(CO)C/C(=C\c2ccc(F)c(Br)c2)C(=O)O1)c1ccccc1. The average Bonchev–Trinajstić information content (AvgIpc) is 3.06. The first-order valence-electron chi connectivity index (χ1n) is 9.59. The van der Waals surface area contributed by atoms with Gasteiger partial charge < -0.3 is 14.6 Å². The maximum atomic E-state index is 13.4. The third-order valence-electron chi connectivity index (χ3n) is 5.03. The molecule has 2 aromatic carbocycles. The molecule has 0 saturated carbocycles. The largest absolute Gasteiger partial charge is 0.461 e. The van der Waals surface area contributed by atoms with Gasteiger partial charge in [-0.3, -0.25) is 4.79 Å². The summed E-state index contributed by atoms with van der Waals surface area (Å²) in [6, 6.07) is 13.6. The Morgan fingerprint density at radius 3 is 2.70 bits per heavy atom. The Kier molecular flexibility index (Phi) is 7.05. The summed E-state index contributed by atoms with van der Waals surface area (Å²) in [7, 11) is 0. The van der Waals surface area contributed by atoms with Crippen molar-refractivity contribution < 1.29 is 28.6 Å². The lowest BCUT2D eigenvalue weighted by molar-refractivity contribution is -0.167. The first kappa shape index (κ1) is 22.2. The molecule has 1 aliphatic heterocycles. The lowest BCUT2D eigenvalue weighted by atomic mass is 9.96. The average molecular weight is 477 g/mol. The molecule has 3 rings (SSSR count). The molecule has 5 nitrogen and oxygen atoms in total. The fourth-order valence-corrected chi connectivity index (χ4v) is 3.77. The highest BCUT2D eigenvalue weighted by molar-refractivity contribution is 9.10. The fraction of sp³-hybridized carbons (Fsp3) is 0.304. The molecule has 1 fully saturated rings. The minimum absolute atomic E-state index is 0.0761. The molecule has 30 heavy (non-hydrogen) atoms. The summed E-state index contributed by atoms with van der Waals surface area (Å²) < 4.78 is 24.5. The van der Waals surface area contributed by atoms with E-state index in [0.717, 1.165) is 5.56 Å². The summed E-state index contributed by atoms with van der Waals surface area (Å²) in [6.45, 7) is 1.15. The molecule has 2 unspecified atom stereocenters. The van der Waals surface area contributed by atoms with Gasteiger partial charge in [-0.25, -0.2) is 9.18 Å². The second-order valence-electron chi connectivity index (χ2n) is 7.23. The van der Waals surface area contributed by atoms with Crippen LogP contribution in [0.25, 0.3) is 6.08 Å². The van der Waals surface area contributed by atoms with Crippen LogP contribution < -0.4 is 0 Å². The Balaban J connectivity index is 1.71. The van der Waals surface area contributed by atoms with Crippen molar-refractivity contribution in [2.75, 3.05) is 13.2 Å². The Hall–Kier alpha value is -2.51. The monoisotopic (exact) mass is 476 g/mol. The second kappa shape index (κ2) is 9.53. The van der Waals surface area contributed by atoms with Crippen molar-refractivity contribution in [1.29, 1.82) is 0 Å². The molecule has 0 aromatic heterocycles. The number of esters is 2. The maximum absolute atomic E-state index is 13.4. The number of carbonyl (C=O) groups excluding carboxylic acids is 2. The Labute approximate surface area is 182 Å². The number of hydrogen-bond donors (Lipinski definition) is 1. The van der Waals surface area contributed by atoms with E-state index in [4.69, 9.17) is 9.47 Å². The summed E-state index contributed by atoms with van der Waals surface area (Å²) in [6.07, 6.45) is 2.21. The first-order valence-corrected chi connectivity index (χ1v) is 10.4. The van der Waals surface area contributed by atoms with Crippen molar-refractivity contribution in [3.05, 3.63) is 75.5 Å². The third kappa shape index (κ3) is 4.96. The van der Waals surface area contributed by atoms with Crippen LogP contribution in [0.4, 0.5) is 4.39 Å². The van der Waals surface area contributed by atoms with Crippen LogP contribution in [0.1, 0.15) is 36.8 Å². The van der Waals surface area contributed by atoms with Gasteiger partial charge in [0.2, 0.25) is 0 Å². The number of ether oxygens (including phenoxy) is 2. The number of cyclic esters (lactones) is 1. The van der Waals surface area contributed by atoms with Crippen LogP contribution in [-0.4, -0.2) is 35.9 Å². The zero-order chi connectivity index (χ0) is 21.7. The predicted molar refractivity (Wildman–Crippen MR) is 113 cm³/mol. The molecule has 1 heterocycles. The number of rotatable bonds is 7. The molecule has 0 amide bonds. The molecule has 0 aliphatic carbocycles. The molecule has 7 heteroatoms. The zero-order valence-corrected chi connectivity index (χ0v) is 18.0. The summed E-state index contributed by atoms with van der Waals surface area (Å²) >= 11 is 3.11. The van der Waals surface area contributed by atoms with Gasteiger partial charge >= 0.3 is 11.9 Å². The van der Waals surface area contributed by atoms with Gasteiger partial charge in [0, 0.05) is 12.0 Å². The van der Waals surface area contributed by atoms with E-state index in [1.54, 1.807) is 12.1 Å². The van der Waals surface area contributed by atoms with Crippen molar-refractivity contribution in [2.24, 2.45) is 0 Å². The number of carbonyl (C=O) groups is 2. The van der Waals surface area contributed by atoms with Gasteiger partial charge in [-0.2, -0.15) is 0 Å². The summed E-state index contributed by atoms with van der Waals surface area (Å²) in [5.41, 5.74) is 0.434. The van der Waals surface area contributed by atoms with Crippen molar-refractivity contribution in [2.45, 2.75) is 31.3 Å². The van der Waals surface area contributed by atoms with Gasteiger partial charge in [-0.05, 0) is 51.7 Å². The smallest absolute Gasteiger partial charge is 0.334 e. The maximum Gasteiger partial charge on any atom is 0.334 e. The minimum Gasteiger partial charge on any atom is -0.461 e. The van der Waals surface area contributed by atoms with Crippen molar-refractivity contribution in [1.82, 2.24) is 0 Å². The van der Waals surface area contributed by atoms with Crippen LogP contribution in [0, 0.1) is 5.82 Å². The number of halogens is 2. The van der Waals surface area contributed by atoms with Gasteiger partial charge in [0.25, 0.3) is 0 Å². The van der Waals surface area contributed by atoms with Gasteiger partial charge in [0.1, 0.15) is 12.4 Å². The lowest BCUT2D eigenvalue weighted by Gasteiger charge is -2.25. The van der Waals surface area contributed by atoms with E-state index in [1.165, 1.54) is 12.1 Å².